The molecule has 0 aliphatic rings. The monoisotopic (exact) mass is 263 g/mol. The molecule has 3 N–H and O–H groups in total. The number of hydrogen-bond acceptors (Lipinski definition) is 3. The summed E-state index contributed by atoms with van der Waals surface area (Å²) in [5, 5.41) is 8.38. The summed E-state index contributed by atoms with van der Waals surface area (Å²) in [4.78, 5) is 23.0. The van der Waals surface area contributed by atoms with Crippen LogP contribution in [0.4, 0.5) is 5.69 Å². The Morgan fingerprint density at radius 2 is 1.68 bits per heavy atom. The van der Waals surface area contributed by atoms with Crippen molar-refractivity contribution in [3.05, 3.63) is 29.8 Å². The van der Waals surface area contributed by atoms with Crippen LogP contribution < -0.4 is 16.0 Å². The van der Waals surface area contributed by atoms with Gasteiger partial charge < -0.3 is 16.0 Å². The fourth-order valence-corrected chi connectivity index (χ4v) is 1.42. The lowest BCUT2D eigenvalue weighted by Gasteiger charge is -2.20. The summed E-state index contributed by atoms with van der Waals surface area (Å²) in [5.41, 5.74) is 1.14. The Hall–Kier alpha value is -2.04. The molecule has 0 aliphatic heterocycles. The molecule has 0 radical (unpaired) electrons. The van der Waals surface area contributed by atoms with E-state index in [0.29, 0.717) is 5.56 Å². The van der Waals surface area contributed by atoms with Gasteiger partial charge in [0.15, 0.2) is 0 Å². The summed E-state index contributed by atoms with van der Waals surface area (Å²) in [7, 11) is 1.59. The Bertz CT molecular complexity index is 447. The SMILES string of the molecule is CNC(=O)CNc1ccc(C(=O)NC(C)(C)C)cc1. The largest absolute Gasteiger partial charge is 0.376 e. The molecule has 0 atom stereocenters. The Morgan fingerprint density at radius 1 is 1.11 bits per heavy atom. The standard InChI is InChI=1S/C14H21N3O2/c1-14(2,3)17-13(19)10-5-7-11(8-6-10)16-9-12(18)15-4/h5-8,16H,9H2,1-4H3,(H,15,18)(H,17,19). The lowest BCUT2D eigenvalue weighted by Crippen LogP contribution is -2.40. The number of carbonyl (C=O) groups is 2. The van der Waals surface area contributed by atoms with Crippen molar-refractivity contribution in [3.8, 4) is 0 Å². The molecule has 0 aliphatic carbocycles. The van der Waals surface area contributed by atoms with Crippen molar-refractivity contribution in [1.29, 1.82) is 0 Å². The highest BCUT2D eigenvalue weighted by Gasteiger charge is 2.14. The first-order chi connectivity index (χ1) is 8.81. The third-order valence-electron chi connectivity index (χ3n) is 2.37. The van der Waals surface area contributed by atoms with Crippen LogP contribution in [0.15, 0.2) is 24.3 Å². The highest BCUT2D eigenvalue weighted by Crippen LogP contribution is 2.10. The highest BCUT2D eigenvalue weighted by molar-refractivity contribution is 5.95. The summed E-state index contributed by atoms with van der Waals surface area (Å²) < 4.78 is 0. The number of nitrogens with one attached hydrogen (secondary N) is 3. The summed E-state index contributed by atoms with van der Waals surface area (Å²) >= 11 is 0. The van der Waals surface area contributed by atoms with Gasteiger partial charge in [0.2, 0.25) is 5.91 Å². The molecule has 5 heteroatoms. The van der Waals surface area contributed by atoms with Gasteiger partial charge in [-0.25, -0.2) is 0 Å². The number of benzene rings is 1. The molecular formula is C14H21N3O2. The van der Waals surface area contributed by atoms with Crippen LogP contribution in [-0.2, 0) is 4.79 Å². The van der Waals surface area contributed by atoms with Gasteiger partial charge in [0, 0.05) is 23.8 Å². The molecule has 0 heterocycles. The van der Waals surface area contributed by atoms with Crippen LogP contribution in [0.25, 0.3) is 0 Å². The van der Waals surface area contributed by atoms with Crippen molar-refractivity contribution in [2.45, 2.75) is 26.3 Å². The zero-order chi connectivity index (χ0) is 14.5. The summed E-state index contributed by atoms with van der Waals surface area (Å²) in [5.74, 6) is -0.195. The van der Waals surface area contributed by atoms with E-state index in [1.165, 1.54) is 0 Å². The smallest absolute Gasteiger partial charge is 0.251 e. The minimum Gasteiger partial charge on any atom is -0.376 e. The van der Waals surface area contributed by atoms with Crippen molar-refractivity contribution in [1.82, 2.24) is 10.6 Å². The Labute approximate surface area is 113 Å². The number of likely N-dealkylation sites (N-methyl/N-ethyl adjacent to an activating group) is 1. The molecule has 5 nitrogen and oxygen atoms in total. The zero-order valence-corrected chi connectivity index (χ0v) is 11.8. The maximum atomic E-state index is 11.9. The maximum Gasteiger partial charge on any atom is 0.251 e. The lowest BCUT2D eigenvalue weighted by atomic mass is 10.1. The minimum atomic E-state index is -0.257. The van der Waals surface area contributed by atoms with Crippen molar-refractivity contribution in [2.75, 3.05) is 18.9 Å². The molecular weight excluding hydrogens is 242 g/mol. The molecule has 19 heavy (non-hydrogen) atoms. The molecule has 0 unspecified atom stereocenters. The van der Waals surface area contributed by atoms with Gasteiger partial charge in [-0.1, -0.05) is 0 Å². The zero-order valence-electron chi connectivity index (χ0n) is 11.8. The van der Waals surface area contributed by atoms with Gasteiger partial charge >= 0.3 is 0 Å². The van der Waals surface area contributed by atoms with E-state index >= 15 is 0 Å². The van der Waals surface area contributed by atoms with Gasteiger partial charge in [-0.05, 0) is 45.0 Å². The van der Waals surface area contributed by atoms with Crippen molar-refractivity contribution in [2.24, 2.45) is 0 Å². The second kappa shape index (κ2) is 6.22. The van der Waals surface area contributed by atoms with Gasteiger partial charge in [-0.2, -0.15) is 0 Å². The molecule has 2 amide bonds. The Kier molecular flexibility index (Phi) is 4.92. The fraction of sp³-hybridized carbons (Fsp3) is 0.429. The molecule has 1 rings (SSSR count). The van der Waals surface area contributed by atoms with E-state index in [1.54, 1.807) is 31.3 Å². The van der Waals surface area contributed by atoms with Crippen LogP contribution >= 0.6 is 0 Å². The topological polar surface area (TPSA) is 70.2 Å². The van der Waals surface area contributed by atoms with E-state index in [-0.39, 0.29) is 23.9 Å². The van der Waals surface area contributed by atoms with E-state index in [2.05, 4.69) is 16.0 Å². The first-order valence-corrected chi connectivity index (χ1v) is 6.19. The average Bonchev–Trinajstić information content (AvgIpc) is 2.34. The number of amides is 2. The van der Waals surface area contributed by atoms with E-state index < -0.39 is 0 Å². The van der Waals surface area contributed by atoms with E-state index in [4.69, 9.17) is 0 Å². The third-order valence-corrected chi connectivity index (χ3v) is 2.37. The summed E-state index contributed by atoms with van der Waals surface area (Å²) in [6.45, 7) is 6.02. The molecule has 0 bridgehead atoms. The average molecular weight is 263 g/mol. The number of hydrogen-bond donors (Lipinski definition) is 3. The number of rotatable bonds is 4. The quantitative estimate of drug-likeness (QED) is 0.768. The summed E-state index contributed by atoms with van der Waals surface area (Å²) in [6, 6.07) is 7.02. The van der Waals surface area contributed by atoms with Crippen molar-refractivity contribution >= 4 is 17.5 Å². The Morgan fingerprint density at radius 3 is 2.16 bits per heavy atom. The first kappa shape index (κ1) is 15.0. The normalized spacial score (nSPS) is 10.7. The number of carbonyl (C=O) groups excluding carboxylic acids is 2. The predicted octanol–water partition coefficient (Wildman–Crippen LogP) is 1.37. The maximum absolute atomic E-state index is 11.9. The van der Waals surface area contributed by atoms with Gasteiger partial charge in [0.25, 0.3) is 5.91 Å². The Balaban J connectivity index is 2.61. The second-order valence-electron chi connectivity index (χ2n) is 5.31. The van der Waals surface area contributed by atoms with E-state index in [1.807, 2.05) is 20.8 Å². The van der Waals surface area contributed by atoms with E-state index in [0.717, 1.165) is 5.69 Å². The van der Waals surface area contributed by atoms with Gasteiger partial charge in [-0.3, -0.25) is 9.59 Å². The van der Waals surface area contributed by atoms with Gasteiger partial charge in [0.1, 0.15) is 0 Å². The molecule has 0 aromatic heterocycles. The van der Waals surface area contributed by atoms with Crippen LogP contribution in [-0.4, -0.2) is 30.9 Å². The van der Waals surface area contributed by atoms with Crippen LogP contribution in [0.1, 0.15) is 31.1 Å². The molecule has 0 fully saturated rings. The van der Waals surface area contributed by atoms with Crippen LogP contribution in [0.3, 0.4) is 0 Å². The highest BCUT2D eigenvalue weighted by atomic mass is 16.2. The molecule has 1 aromatic rings. The van der Waals surface area contributed by atoms with Crippen molar-refractivity contribution in [3.63, 3.8) is 0 Å². The number of anilines is 1. The predicted molar refractivity (Wildman–Crippen MR) is 76.2 cm³/mol. The van der Waals surface area contributed by atoms with Gasteiger partial charge in [0.05, 0.1) is 6.54 Å². The van der Waals surface area contributed by atoms with E-state index in [9.17, 15) is 9.59 Å². The summed E-state index contributed by atoms with van der Waals surface area (Å²) in [6.07, 6.45) is 0. The molecule has 0 saturated carbocycles. The van der Waals surface area contributed by atoms with Crippen LogP contribution in [0.5, 0.6) is 0 Å². The van der Waals surface area contributed by atoms with Gasteiger partial charge in [-0.15, -0.1) is 0 Å². The van der Waals surface area contributed by atoms with Crippen LogP contribution in [0, 0.1) is 0 Å². The molecule has 0 saturated heterocycles. The first-order valence-electron chi connectivity index (χ1n) is 6.19. The third kappa shape index (κ3) is 5.42. The molecule has 1 aromatic carbocycles. The fourth-order valence-electron chi connectivity index (χ4n) is 1.42. The van der Waals surface area contributed by atoms with Crippen molar-refractivity contribution < 1.29 is 9.59 Å². The minimum absolute atomic E-state index is 0.0884. The second-order valence-corrected chi connectivity index (χ2v) is 5.31. The van der Waals surface area contributed by atoms with Crippen LogP contribution in [0.2, 0.25) is 0 Å². The molecule has 0 spiro atoms. The molecule has 104 valence electrons. The lowest BCUT2D eigenvalue weighted by molar-refractivity contribution is -0.118.